The van der Waals surface area contributed by atoms with E-state index < -0.39 is 211 Å². The smallest absolute Gasteiger partial charge is 0.317 e. The first kappa shape index (κ1) is 95.1. The highest BCUT2D eigenvalue weighted by Crippen LogP contribution is 2.28. The summed E-state index contributed by atoms with van der Waals surface area (Å²) in [5, 5.41) is 69.2. The maximum Gasteiger partial charge on any atom is 0.317 e. The Hall–Kier alpha value is -13.4. The number of unbranched alkanes of at least 4 members (excludes halogenated alkanes) is 1. The summed E-state index contributed by atoms with van der Waals surface area (Å²) in [6.07, 6.45) is 4.19. The zero-order valence-corrected chi connectivity index (χ0v) is 68.6. The number of amides is 14. The number of H-pyrrole nitrogens is 3. The van der Waals surface area contributed by atoms with Crippen molar-refractivity contribution in [2.75, 3.05) is 45.8 Å². The first-order chi connectivity index (χ1) is 58.7. The van der Waals surface area contributed by atoms with Crippen molar-refractivity contribution < 1.29 is 96.8 Å². The second kappa shape index (κ2) is 47.0. The van der Waals surface area contributed by atoms with Gasteiger partial charge < -0.3 is 115 Å². The van der Waals surface area contributed by atoms with Crippen LogP contribution in [0, 0.1) is 11.3 Å². The lowest BCUT2D eigenvalue weighted by molar-refractivity contribution is -0.148. The number of benzene rings is 2. The minimum Gasteiger partial charge on any atom is -0.481 e. The van der Waals surface area contributed by atoms with Crippen molar-refractivity contribution >= 4 is 117 Å². The molecule has 0 radical (unpaired) electrons. The molecule has 6 heterocycles. The number of likely N-dealkylation sites (tertiary alicyclic amines) is 2. The van der Waals surface area contributed by atoms with Crippen molar-refractivity contribution in [2.45, 2.75) is 215 Å². The second-order valence-corrected chi connectivity index (χ2v) is 31.1. The van der Waals surface area contributed by atoms with E-state index in [0.29, 0.717) is 27.7 Å². The van der Waals surface area contributed by atoms with Crippen molar-refractivity contribution in [2.24, 2.45) is 17.4 Å². The fourth-order valence-electron chi connectivity index (χ4n) is 15.0. The van der Waals surface area contributed by atoms with Crippen LogP contribution in [0.15, 0.2) is 85.8 Å². The molecule has 43 heteroatoms. The number of aromatic nitrogens is 5. The number of imidazole rings is 2. The number of aliphatic carboxylic acids is 3. The van der Waals surface area contributed by atoms with Gasteiger partial charge in [-0.2, -0.15) is 0 Å². The van der Waals surface area contributed by atoms with Gasteiger partial charge in [-0.3, -0.25) is 91.8 Å². The van der Waals surface area contributed by atoms with Crippen LogP contribution in [0.4, 0.5) is 0 Å². The van der Waals surface area contributed by atoms with Crippen molar-refractivity contribution in [3.8, 4) is 0 Å². The summed E-state index contributed by atoms with van der Waals surface area (Å²) in [7, 11) is 0. The molecule has 3 aliphatic rings. The molecule has 3 fully saturated rings. The largest absolute Gasteiger partial charge is 0.481 e. The van der Waals surface area contributed by atoms with Crippen LogP contribution in [0.3, 0.4) is 0 Å². The number of primary amides is 1. The van der Waals surface area contributed by atoms with Crippen LogP contribution >= 0.6 is 0 Å². The highest BCUT2D eigenvalue weighted by molar-refractivity contribution is 6.01. The predicted molar refractivity (Wildman–Crippen MR) is 438 cm³/mol. The van der Waals surface area contributed by atoms with Crippen LogP contribution in [0.1, 0.15) is 140 Å². The lowest BCUT2D eigenvalue weighted by atomic mass is 10.0. The Morgan fingerprint density at radius 3 is 1.80 bits per heavy atom. The van der Waals surface area contributed by atoms with Gasteiger partial charge >= 0.3 is 17.9 Å². The summed E-state index contributed by atoms with van der Waals surface area (Å²) in [5.74, 6) is -17.3. The summed E-state index contributed by atoms with van der Waals surface area (Å²) < 4.78 is 0. The van der Waals surface area contributed by atoms with Gasteiger partial charge in [-0.05, 0) is 113 Å². The van der Waals surface area contributed by atoms with E-state index in [1.165, 1.54) is 41.8 Å². The molecular weight excluding hydrogens is 1600 g/mol. The zero-order valence-electron chi connectivity index (χ0n) is 68.6. The molecule has 0 aliphatic carbocycles. The van der Waals surface area contributed by atoms with Gasteiger partial charge in [-0.25, -0.2) is 9.97 Å². The molecule has 43 nitrogen and oxygen atoms in total. The lowest BCUT2D eigenvalue weighted by Gasteiger charge is -2.34. The molecule has 666 valence electrons. The van der Waals surface area contributed by atoms with E-state index in [-0.39, 0.29) is 147 Å². The Bertz CT molecular complexity index is 4530. The number of aromatic amines is 3. The molecule has 2 aromatic carbocycles. The molecule has 14 amide bonds. The molecule has 0 spiro atoms. The number of carboxylic acid groups (broad SMARTS) is 3. The Labute approximate surface area is 707 Å². The highest BCUT2D eigenvalue weighted by Gasteiger charge is 2.46. The molecule has 23 N–H and O–H groups in total. The number of carboxylic acids is 3. The number of nitrogens with zero attached hydrogens (tertiary/aromatic N) is 5. The molecule has 12 unspecified atom stereocenters. The number of carbonyl (C=O) groups is 17. The molecule has 0 bridgehead atoms. The van der Waals surface area contributed by atoms with Gasteiger partial charge in [-0.15, -0.1) is 0 Å². The fourth-order valence-corrected chi connectivity index (χ4v) is 15.0. The molecule has 8 rings (SSSR count). The van der Waals surface area contributed by atoms with Crippen molar-refractivity contribution in [3.63, 3.8) is 0 Å². The first-order valence-corrected chi connectivity index (χ1v) is 40.9. The molecule has 12 atom stereocenters. The molecule has 3 aliphatic heterocycles. The third-order valence-electron chi connectivity index (χ3n) is 21.1. The van der Waals surface area contributed by atoms with E-state index in [1.807, 2.05) is 0 Å². The average molecular weight is 1710 g/mol. The number of nitrogens with one attached hydrogen (secondary N) is 16. The van der Waals surface area contributed by atoms with Crippen LogP contribution in [0.2, 0.25) is 0 Å². The number of rotatable bonds is 37. The molecule has 3 saturated heterocycles. The van der Waals surface area contributed by atoms with Crippen LogP contribution < -0.4 is 75.3 Å². The molecular formula is C80H111N23O20. The van der Waals surface area contributed by atoms with Gasteiger partial charge in [0.25, 0.3) is 0 Å². The van der Waals surface area contributed by atoms with Crippen LogP contribution in [0.25, 0.3) is 10.9 Å². The predicted octanol–water partition coefficient (Wildman–Crippen LogP) is -3.66. The Morgan fingerprint density at radius 2 is 1.17 bits per heavy atom. The number of guanidine groups is 1. The maximum absolute atomic E-state index is 15.7. The number of para-hydroxylation sites is 1. The zero-order chi connectivity index (χ0) is 89.4. The molecule has 123 heavy (non-hydrogen) atoms. The summed E-state index contributed by atoms with van der Waals surface area (Å²) >= 11 is 0. The normalized spacial score (nSPS) is 20.7. The van der Waals surface area contributed by atoms with E-state index in [2.05, 4.69) is 88.7 Å². The van der Waals surface area contributed by atoms with E-state index >= 15 is 24.0 Å². The summed E-state index contributed by atoms with van der Waals surface area (Å²) in [6, 6.07) is -2.46. The van der Waals surface area contributed by atoms with Gasteiger partial charge in [0.2, 0.25) is 82.7 Å². The van der Waals surface area contributed by atoms with Crippen LogP contribution in [-0.4, -0.2) is 280 Å². The topological polar surface area (TPSA) is 654 Å². The van der Waals surface area contributed by atoms with Crippen molar-refractivity contribution in [1.82, 2.24) is 103 Å². The Morgan fingerprint density at radius 1 is 0.593 bits per heavy atom. The number of hydrogen-bond donors (Lipinski definition) is 21. The quantitative estimate of drug-likeness (QED) is 0.0103. The standard InChI is InChI=1S/C80H111N23O20/c1-44(2)31-56(68(81)112)95-70(114)53(19-9-10-28-101(40-66(108)109)41-67(110)111)92-76(120)61(36-65(106)107)99-75(119)60(35-49-39-85-43-90-49)100-77(121)62-22-13-29-102(62)79(123)63-23-14-30-103(63)78(122)55-24-25-64(105)86-26-11-20-52(91-45(3)104)69(113)98-59(34-48-38-84-42-89-48)74(118)96-57(32-46-15-5-4-6-16-46)72(116)93-54(21-12-27-87-80(82)83)71(115)97-58(73(117)94-55)33-47-37-88-51-18-8-7-17-50(47)51/h4-8,15-18,37-39,42-44,52-63,88H,9-14,19-36,40-41H2,1-3H3,(H2,81,112)(H,84,89)(H,85,90)(H,86,105)(H,91,104)(H,92,120)(H,93,116)(H,94,117)(H,95,114)(H,96,118)(H,97,115)(H,98,113)(H,99,119)(H,100,121)(H,106,107)(H,108,109)(H,110,111)(H4,82,83,87). The highest BCUT2D eigenvalue weighted by atomic mass is 16.4. The van der Waals surface area contributed by atoms with Crippen LogP contribution in [0.5, 0.6) is 0 Å². The van der Waals surface area contributed by atoms with Gasteiger partial charge in [0.15, 0.2) is 5.96 Å². The monoisotopic (exact) mass is 1710 g/mol. The van der Waals surface area contributed by atoms with Crippen LogP contribution in [-0.2, 0) is 107 Å². The Kier molecular flexibility index (Phi) is 36.3. The first-order valence-electron chi connectivity index (χ1n) is 40.9. The van der Waals surface area contributed by atoms with Gasteiger partial charge in [-0.1, -0.05) is 62.4 Å². The number of nitrogens with two attached hydrogens (primary N) is 2. The maximum atomic E-state index is 15.7. The second-order valence-electron chi connectivity index (χ2n) is 31.1. The summed E-state index contributed by atoms with van der Waals surface area (Å²) in [4.78, 5) is 259. The van der Waals surface area contributed by atoms with E-state index in [0.717, 1.165) is 4.90 Å². The number of carbonyl (C=O) groups excluding carboxylic acids is 14. The minimum absolute atomic E-state index is 0.00527. The number of hydrogen-bond acceptors (Lipinski definition) is 21. The van der Waals surface area contributed by atoms with Crippen molar-refractivity contribution in [1.29, 1.82) is 5.41 Å². The minimum atomic E-state index is -1.98. The molecule has 5 aromatic rings. The summed E-state index contributed by atoms with van der Waals surface area (Å²) in [6.45, 7) is 3.06. The molecule has 0 saturated carbocycles. The third-order valence-corrected chi connectivity index (χ3v) is 21.1. The van der Waals surface area contributed by atoms with E-state index in [1.54, 1.807) is 74.6 Å². The van der Waals surface area contributed by atoms with Gasteiger partial charge in [0, 0.05) is 106 Å². The lowest BCUT2D eigenvalue weighted by Crippen LogP contribution is -2.61. The summed E-state index contributed by atoms with van der Waals surface area (Å²) in [5.41, 5.74) is 13.6. The van der Waals surface area contributed by atoms with Gasteiger partial charge in [0.1, 0.15) is 72.5 Å². The Balaban J connectivity index is 1.07. The van der Waals surface area contributed by atoms with Crippen molar-refractivity contribution in [3.05, 3.63) is 108 Å². The fraction of sp³-hybridized carbons (Fsp3) is 0.525. The van der Waals surface area contributed by atoms with Gasteiger partial charge in [0.05, 0.1) is 32.2 Å². The average Bonchev–Trinajstić information content (AvgIpc) is 1.67. The molecule has 3 aromatic heterocycles. The van der Waals surface area contributed by atoms with E-state index in [4.69, 9.17) is 16.9 Å². The SMILES string of the molecule is CC(=O)NC1CCCNC(=O)CCC(C(=O)N2CCCC2C(=O)N2CCCC2C(=O)NC(Cc2cnc[nH]2)C(=O)NC(CC(=O)O)C(=O)NC(CCCCN(CC(=O)O)CC(=O)O)C(=O)NC(CC(C)C)C(N)=O)NC(=O)C(Cc2c[nH]c3ccccc23)NC(=O)C(CCCNC(=N)N)NC(=O)C(Cc2ccccc2)NC(=O)C(Cc2cnc[nH]2)NC1=O. The number of fused-ring (bicyclic) bond motifs is 1. The third kappa shape index (κ3) is 30.1. The van der Waals surface area contributed by atoms with E-state index in [9.17, 15) is 72.9 Å².